The molecular weight excluding hydrogens is 344 g/mol. The fourth-order valence-electron chi connectivity index (χ4n) is 2.95. The first-order valence-electron chi connectivity index (χ1n) is 6.92. The Bertz CT molecular complexity index is 605. The molecule has 1 fully saturated rings. The number of Topliss-reactive ketones (excluding diaryl/α,β-unsaturated/α-hetero) is 4. The molecule has 1 aliphatic heterocycles. The van der Waals surface area contributed by atoms with Gasteiger partial charge >= 0.3 is 0 Å². The molecule has 0 aromatic heterocycles. The van der Waals surface area contributed by atoms with E-state index >= 15 is 0 Å². The van der Waals surface area contributed by atoms with Crippen LogP contribution in [-0.2, 0) is 23.9 Å². The van der Waals surface area contributed by atoms with Crippen molar-refractivity contribution >= 4 is 35.8 Å². The van der Waals surface area contributed by atoms with Gasteiger partial charge in [0, 0.05) is 0 Å². The fraction of sp³-hybridized carbons (Fsp3) is 0.714. The first kappa shape index (κ1) is 20.9. The highest BCUT2D eigenvalue weighted by molar-refractivity contribution is 7.80. The lowest BCUT2D eigenvalue weighted by molar-refractivity contribution is -0.311. The molecule has 1 aliphatic rings. The Morgan fingerprint density at radius 3 is 1.62 bits per heavy atom. The van der Waals surface area contributed by atoms with Gasteiger partial charge in [0.05, 0.1) is 0 Å². The summed E-state index contributed by atoms with van der Waals surface area (Å²) in [6.07, 6.45) is -4.26. The highest BCUT2D eigenvalue weighted by Gasteiger charge is 2.78. The van der Waals surface area contributed by atoms with Crippen molar-refractivity contribution in [2.75, 3.05) is 0 Å². The van der Waals surface area contributed by atoms with Gasteiger partial charge in [-0.25, -0.2) is 0 Å². The van der Waals surface area contributed by atoms with Crippen molar-refractivity contribution in [3.8, 4) is 0 Å². The summed E-state index contributed by atoms with van der Waals surface area (Å²) in [5, 5.41) is 42.3. The lowest BCUT2D eigenvalue weighted by Gasteiger charge is -2.57. The van der Waals surface area contributed by atoms with E-state index in [1.165, 1.54) is 0 Å². The van der Waals surface area contributed by atoms with Crippen LogP contribution in [0, 0.1) is 0 Å². The summed E-state index contributed by atoms with van der Waals surface area (Å²) in [4.78, 5) is 47.6. The Kier molecular flexibility index (Phi) is 5.46. The second-order valence-electron chi connectivity index (χ2n) is 5.88. The van der Waals surface area contributed by atoms with Crippen LogP contribution < -0.4 is 0 Å². The lowest BCUT2D eigenvalue weighted by Crippen LogP contribution is -2.86. The van der Waals surface area contributed by atoms with Crippen LogP contribution >= 0.6 is 12.6 Å². The van der Waals surface area contributed by atoms with Gasteiger partial charge in [-0.1, -0.05) is 0 Å². The summed E-state index contributed by atoms with van der Waals surface area (Å²) in [6, 6.07) is 0. The zero-order chi connectivity index (χ0) is 19.2. The van der Waals surface area contributed by atoms with Gasteiger partial charge in [-0.15, -0.1) is 12.6 Å². The summed E-state index contributed by atoms with van der Waals surface area (Å²) >= 11 is 3.81. The Balaban J connectivity index is 3.86. The van der Waals surface area contributed by atoms with Crippen molar-refractivity contribution in [2.45, 2.75) is 62.1 Å². The van der Waals surface area contributed by atoms with E-state index in [1.807, 2.05) is 0 Å². The first-order valence-corrected chi connectivity index (χ1v) is 7.44. The number of rotatable bonds is 5. The van der Waals surface area contributed by atoms with Gasteiger partial charge < -0.3 is 25.2 Å². The highest BCUT2D eigenvalue weighted by Crippen LogP contribution is 2.48. The summed E-state index contributed by atoms with van der Waals surface area (Å²) in [7, 11) is 0. The number of carbonyl (C=O) groups excluding carboxylic acids is 4. The van der Waals surface area contributed by atoms with Gasteiger partial charge in [0.25, 0.3) is 0 Å². The van der Waals surface area contributed by atoms with Crippen molar-refractivity contribution in [3.05, 3.63) is 0 Å². The molecule has 1 unspecified atom stereocenters. The second kappa shape index (κ2) is 6.28. The van der Waals surface area contributed by atoms with Gasteiger partial charge in [-0.2, -0.15) is 0 Å². The quantitative estimate of drug-likeness (QED) is 0.334. The molecule has 136 valence electrons. The predicted octanol–water partition coefficient (Wildman–Crippen LogP) is -2.45. The Hall–Kier alpha value is -1.17. The van der Waals surface area contributed by atoms with E-state index in [1.54, 1.807) is 0 Å². The summed E-state index contributed by atoms with van der Waals surface area (Å²) < 4.78 is 5.05. The number of thiol groups is 1. The average Bonchev–Trinajstić information content (AvgIpc) is 2.46. The molecule has 24 heavy (non-hydrogen) atoms. The zero-order valence-electron chi connectivity index (χ0n) is 13.5. The number of hydrogen-bond donors (Lipinski definition) is 5. The molecule has 4 N–H and O–H groups in total. The first-order chi connectivity index (χ1) is 10.7. The average molecular weight is 364 g/mol. The molecule has 0 amide bonds. The van der Waals surface area contributed by atoms with Crippen LogP contribution in [0.3, 0.4) is 0 Å². The largest absolute Gasteiger partial charge is 0.382 e. The Morgan fingerprint density at radius 2 is 1.33 bits per heavy atom. The summed E-state index contributed by atoms with van der Waals surface area (Å²) in [5.41, 5.74) is -11.7. The minimum atomic E-state index is -3.40. The molecule has 0 aliphatic carbocycles. The third kappa shape index (κ3) is 2.37. The molecule has 1 saturated heterocycles. The molecule has 0 aromatic carbocycles. The van der Waals surface area contributed by atoms with Gasteiger partial charge in [-0.3, -0.25) is 19.2 Å². The SMILES string of the molecule is CC(=O)C(O)[C@H]1O[C@@H](S)[C@@](O)(C(C)=O)[C@](O)(C(C)=O)[C@@]1(O)C(C)=O. The summed E-state index contributed by atoms with van der Waals surface area (Å²) in [6.45, 7) is 3.19. The minimum absolute atomic E-state index is 0.727. The maximum Gasteiger partial charge on any atom is 0.200 e. The van der Waals surface area contributed by atoms with E-state index in [4.69, 9.17) is 4.74 Å². The number of ether oxygens (including phenoxy) is 1. The number of carbonyl (C=O) groups is 4. The molecule has 1 rings (SSSR count). The van der Waals surface area contributed by atoms with Crippen LogP contribution in [0.2, 0.25) is 0 Å². The van der Waals surface area contributed by atoms with E-state index in [0.29, 0.717) is 0 Å². The van der Waals surface area contributed by atoms with Crippen molar-refractivity contribution in [1.82, 2.24) is 0 Å². The molecule has 0 bridgehead atoms. The predicted molar refractivity (Wildman–Crippen MR) is 81.2 cm³/mol. The van der Waals surface area contributed by atoms with E-state index in [-0.39, 0.29) is 0 Å². The van der Waals surface area contributed by atoms with E-state index in [9.17, 15) is 39.6 Å². The molecule has 1 heterocycles. The maximum absolute atomic E-state index is 12.1. The van der Waals surface area contributed by atoms with Crippen LogP contribution in [-0.4, -0.2) is 78.0 Å². The number of ketones is 4. The van der Waals surface area contributed by atoms with Crippen LogP contribution in [0.4, 0.5) is 0 Å². The van der Waals surface area contributed by atoms with Crippen LogP contribution in [0.5, 0.6) is 0 Å². The van der Waals surface area contributed by atoms with E-state index < -0.39 is 57.6 Å². The molecule has 9 nitrogen and oxygen atoms in total. The number of hydrogen-bond acceptors (Lipinski definition) is 10. The van der Waals surface area contributed by atoms with Crippen molar-refractivity contribution in [1.29, 1.82) is 0 Å². The van der Waals surface area contributed by atoms with Crippen molar-refractivity contribution in [3.63, 3.8) is 0 Å². The normalized spacial score (nSPS) is 40.7. The zero-order valence-corrected chi connectivity index (χ0v) is 14.4. The van der Waals surface area contributed by atoms with Crippen LogP contribution in [0.1, 0.15) is 27.7 Å². The third-order valence-corrected chi connectivity index (χ3v) is 4.93. The molecule has 0 saturated carbocycles. The topological polar surface area (TPSA) is 158 Å². The van der Waals surface area contributed by atoms with Gasteiger partial charge in [0.15, 0.2) is 34.3 Å². The van der Waals surface area contributed by atoms with E-state index in [2.05, 4.69) is 12.6 Å². The fourth-order valence-corrected chi connectivity index (χ4v) is 3.45. The van der Waals surface area contributed by atoms with Crippen LogP contribution in [0.15, 0.2) is 0 Å². The highest BCUT2D eigenvalue weighted by atomic mass is 32.1. The Labute approximate surface area is 143 Å². The molecule has 0 radical (unpaired) electrons. The molecular formula is C14H20O9S. The molecule has 6 atom stereocenters. The van der Waals surface area contributed by atoms with Crippen LogP contribution in [0.25, 0.3) is 0 Å². The van der Waals surface area contributed by atoms with Crippen molar-refractivity contribution in [2.24, 2.45) is 0 Å². The maximum atomic E-state index is 12.1. The smallest absolute Gasteiger partial charge is 0.200 e. The van der Waals surface area contributed by atoms with Gasteiger partial charge in [0.2, 0.25) is 5.60 Å². The second-order valence-corrected chi connectivity index (χ2v) is 6.35. The molecule has 0 spiro atoms. The standard InChI is InChI=1S/C14H20O9S/c1-5(15)9(19)10-12(20,6(2)16)14(22,8(4)18)13(21,7(3)17)11(24)23-10/h9-11,19-22,24H,1-4H3/t9?,10-,11+,12-,13+,14+/m1/s1. The van der Waals surface area contributed by atoms with E-state index in [0.717, 1.165) is 27.7 Å². The Morgan fingerprint density at radius 1 is 0.917 bits per heavy atom. The van der Waals surface area contributed by atoms with Gasteiger partial charge in [-0.05, 0) is 27.7 Å². The minimum Gasteiger partial charge on any atom is -0.382 e. The monoisotopic (exact) mass is 364 g/mol. The number of aliphatic hydroxyl groups is 4. The number of aliphatic hydroxyl groups excluding tert-OH is 1. The van der Waals surface area contributed by atoms with Crippen molar-refractivity contribution < 1.29 is 44.3 Å². The lowest BCUT2D eigenvalue weighted by atomic mass is 9.60. The molecule has 10 heteroatoms. The van der Waals surface area contributed by atoms with Gasteiger partial charge in [0.1, 0.15) is 17.6 Å². The molecule has 0 aromatic rings. The third-order valence-electron chi connectivity index (χ3n) is 4.43. The summed E-state index contributed by atoms with van der Waals surface area (Å²) in [5.74, 6) is -4.80.